The highest BCUT2D eigenvalue weighted by atomic mass is 32.1. The fourth-order valence-electron chi connectivity index (χ4n) is 7.96. The number of para-hydroxylation sites is 2. The molecule has 0 atom stereocenters. The lowest BCUT2D eigenvalue weighted by atomic mass is 9.97. The third-order valence-electron chi connectivity index (χ3n) is 10.4. The third kappa shape index (κ3) is 4.45. The van der Waals surface area contributed by atoms with E-state index in [1.165, 1.54) is 64.0 Å². The maximum atomic E-state index is 5.45. The zero-order chi connectivity index (χ0) is 34.2. The van der Waals surface area contributed by atoms with Crippen molar-refractivity contribution in [2.24, 2.45) is 0 Å². The molecule has 11 aromatic rings. The van der Waals surface area contributed by atoms with E-state index in [0.717, 1.165) is 33.2 Å². The molecule has 3 aromatic heterocycles. The summed E-state index contributed by atoms with van der Waals surface area (Å²) in [5.74, 6) is 0.671. The molecular weight excluding hydrogens is 651 g/mol. The Kier molecular flexibility index (Phi) is 6.42. The summed E-state index contributed by atoms with van der Waals surface area (Å²) in [6.45, 7) is 0. The van der Waals surface area contributed by atoms with E-state index in [0.29, 0.717) is 5.95 Å². The minimum absolute atomic E-state index is 0.671. The number of nitrogens with zero attached hydrogens (tertiary/aromatic N) is 3. The molecule has 0 aliphatic heterocycles. The quantitative estimate of drug-likeness (QED) is 0.185. The second-order valence-electron chi connectivity index (χ2n) is 13.4. The molecule has 3 heterocycles. The number of fused-ring (bicyclic) bond motifs is 10. The predicted octanol–water partition coefficient (Wildman–Crippen LogP) is 13.2. The minimum Gasteiger partial charge on any atom is -0.277 e. The van der Waals surface area contributed by atoms with Crippen molar-refractivity contribution in [2.45, 2.75) is 0 Å². The van der Waals surface area contributed by atoms with Gasteiger partial charge >= 0.3 is 0 Å². The van der Waals surface area contributed by atoms with Gasteiger partial charge in [-0.1, -0.05) is 152 Å². The van der Waals surface area contributed by atoms with Crippen molar-refractivity contribution < 1.29 is 0 Å². The molecule has 0 bridgehead atoms. The lowest BCUT2D eigenvalue weighted by Gasteiger charge is -2.13. The van der Waals surface area contributed by atoms with E-state index < -0.39 is 0 Å². The van der Waals surface area contributed by atoms with E-state index >= 15 is 0 Å². The van der Waals surface area contributed by atoms with Crippen LogP contribution in [0.4, 0.5) is 0 Å². The Balaban J connectivity index is 1.14. The number of benzene rings is 8. The first-order chi connectivity index (χ1) is 25.8. The Morgan fingerprint density at radius 1 is 0.423 bits per heavy atom. The Hall–Kier alpha value is -6.62. The highest BCUT2D eigenvalue weighted by Gasteiger charge is 2.21. The van der Waals surface area contributed by atoms with E-state index in [4.69, 9.17) is 9.97 Å². The van der Waals surface area contributed by atoms with Crippen LogP contribution in [0.1, 0.15) is 0 Å². The fraction of sp³-hybridized carbons (Fsp3) is 0. The van der Waals surface area contributed by atoms with Crippen molar-refractivity contribution >= 4 is 75.0 Å². The molecule has 52 heavy (non-hydrogen) atoms. The van der Waals surface area contributed by atoms with Gasteiger partial charge in [0.15, 0.2) is 0 Å². The van der Waals surface area contributed by atoms with E-state index in [1.807, 2.05) is 11.3 Å². The Morgan fingerprint density at radius 2 is 1.06 bits per heavy atom. The molecule has 0 aliphatic carbocycles. The van der Waals surface area contributed by atoms with Gasteiger partial charge in [0.25, 0.3) is 0 Å². The van der Waals surface area contributed by atoms with Gasteiger partial charge in [-0.2, -0.15) is 0 Å². The van der Waals surface area contributed by atoms with Gasteiger partial charge in [0.05, 0.1) is 22.2 Å². The van der Waals surface area contributed by atoms with Crippen molar-refractivity contribution in [1.82, 2.24) is 14.5 Å². The highest BCUT2D eigenvalue weighted by molar-refractivity contribution is 7.26. The summed E-state index contributed by atoms with van der Waals surface area (Å²) >= 11 is 1.87. The van der Waals surface area contributed by atoms with Crippen LogP contribution in [-0.2, 0) is 0 Å². The Labute approximate surface area is 303 Å². The standard InChI is InChI=1S/C48H29N3S/c1-2-11-30(12-3-1)34-13-10-14-35(29-34)31-21-23-33(24-22-31)45-40-17-4-7-18-41(40)49-48(50-45)51-42-19-8-5-15-36(42)38-27-25-32-26-28-39-37-16-6-9-20-43(37)52-47(39)44(32)46(38)51/h1-29H. The van der Waals surface area contributed by atoms with Crippen LogP contribution in [0.2, 0.25) is 0 Å². The summed E-state index contributed by atoms with van der Waals surface area (Å²) < 4.78 is 4.89. The maximum absolute atomic E-state index is 5.45. The lowest BCUT2D eigenvalue weighted by molar-refractivity contribution is 1.02. The van der Waals surface area contributed by atoms with Crippen LogP contribution >= 0.6 is 11.3 Å². The molecule has 8 aromatic carbocycles. The molecule has 0 amide bonds. The van der Waals surface area contributed by atoms with E-state index in [2.05, 4.69) is 180 Å². The molecule has 4 heteroatoms. The van der Waals surface area contributed by atoms with Crippen molar-refractivity contribution in [1.29, 1.82) is 0 Å². The summed E-state index contributed by atoms with van der Waals surface area (Å²) in [5, 5.41) is 8.46. The van der Waals surface area contributed by atoms with Gasteiger partial charge in [-0.05, 0) is 51.9 Å². The van der Waals surface area contributed by atoms with E-state index in [-0.39, 0.29) is 0 Å². The number of aromatic nitrogens is 3. The summed E-state index contributed by atoms with van der Waals surface area (Å²) in [5.41, 5.74) is 9.91. The van der Waals surface area contributed by atoms with Crippen LogP contribution in [0.15, 0.2) is 176 Å². The Morgan fingerprint density at radius 3 is 1.88 bits per heavy atom. The SMILES string of the molecule is c1ccc(-c2cccc(-c3ccc(-c4nc(-n5c6ccccc6c6ccc7ccc8c9ccccc9sc8c7c65)nc5ccccc45)cc3)c2)cc1. The van der Waals surface area contributed by atoms with Crippen molar-refractivity contribution in [3.63, 3.8) is 0 Å². The second kappa shape index (κ2) is 11.5. The molecule has 11 rings (SSSR count). The molecule has 0 aliphatic rings. The lowest BCUT2D eigenvalue weighted by Crippen LogP contribution is -2.03. The highest BCUT2D eigenvalue weighted by Crippen LogP contribution is 2.44. The van der Waals surface area contributed by atoms with Gasteiger partial charge in [0.1, 0.15) is 0 Å². The Bertz CT molecular complexity index is 3170. The molecule has 3 nitrogen and oxygen atoms in total. The largest absolute Gasteiger partial charge is 0.277 e. The molecule has 0 fully saturated rings. The minimum atomic E-state index is 0.671. The van der Waals surface area contributed by atoms with Gasteiger partial charge in [-0.3, -0.25) is 4.57 Å². The summed E-state index contributed by atoms with van der Waals surface area (Å²) in [7, 11) is 0. The van der Waals surface area contributed by atoms with Crippen molar-refractivity contribution in [3.8, 4) is 39.5 Å². The molecule has 0 saturated carbocycles. The smallest absolute Gasteiger partial charge is 0.235 e. The monoisotopic (exact) mass is 679 g/mol. The van der Waals surface area contributed by atoms with Crippen molar-refractivity contribution in [2.75, 3.05) is 0 Å². The van der Waals surface area contributed by atoms with Gasteiger partial charge < -0.3 is 0 Å². The van der Waals surface area contributed by atoms with Crippen LogP contribution in [0.5, 0.6) is 0 Å². The van der Waals surface area contributed by atoms with Gasteiger partial charge in [0, 0.05) is 47.3 Å². The number of rotatable bonds is 4. The van der Waals surface area contributed by atoms with Gasteiger partial charge in [0.2, 0.25) is 5.95 Å². The third-order valence-corrected chi connectivity index (χ3v) is 11.6. The first kappa shape index (κ1) is 29.1. The maximum Gasteiger partial charge on any atom is 0.235 e. The molecular formula is C48H29N3S. The zero-order valence-corrected chi connectivity index (χ0v) is 28.8. The molecule has 242 valence electrons. The average molecular weight is 680 g/mol. The second-order valence-corrected chi connectivity index (χ2v) is 14.4. The van der Waals surface area contributed by atoms with Crippen molar-refractivity contribution in [3.05, 3.63) is 176 Å². The predicted molar refractivity (Wildman–Crippen MR) is 221 cm³/mol. The van der Waals surface area contributed by atoms with Gasteiger partial charge in [-0.15, -0.1) is 11.3 Å². The van der Waals surface area contributed by atoms with Crippen LogP contribution in [0.3, 0.4) is 0 Å². The van der Waals surface area contributed by atoms with Gasteiger partial charge in [-0.25, -0.2) is 9.97 Å². The zero-order valence-electron chi connectivity index (χ0n) is 28.0. The topological polar surface area (TPSA) is 30.7 Å². The molecule has 0 unspecified atom stereocenters. The average Bonchev–Trinajstić information content (AvgIpc) is 3.77. The molecule has 0 saturated heterocycles. The van der Waals surface area contributed by atoms with Crippen LogP contribution < -0.4 is 0 Å². The fourth-order valence-corrected chi connectivity index (χ4v) is 9.22. The first-order valence-electron chi connectivity index (χ1n) is 17.6. The number of hydrogen-bond acceptors (Lipinski definition) is 3. The summed E-state index contributed by atoms with van der Waals surface area (Å²) in [4.78, 5) is 10.7. The molecule has 0 spiro atoms. The molecule has 0 N–H and O–H groups in total. The van der Waals surface area contributed by atoms with Crippen LogP contribution in [0.25, 0.3) is 103 Å². The summed E-state index contributed by atoms with van der Waals surface area (Å²) in [6.07, 6.45) is 0. The summed E-state index contributed by atoms with van der Waals surface area (Å²) in [6, 6.07) is 63.0. The number of thiophene rings is 1. The normalized spacial score (nSPS) is 11.8. The van der Waals surface area contributed by atoms with E-state index in [1.54, 1.807) is 0 Å². The first-order valence-corrected chi connectivity index (χ1v) is 18.4. The number of hydrogen-bond donors (Lipinski definition) is 0. The van der Waals surface area contributed by atoms with Crippen LogP contribution in [-0.4, -0.2) is 14.5 Å². The van der Waals surface area contributed by atoms with E-state index in [9.17, 15) is 0 Å². The molecule has 0 radical (unpaired) electrons. The van der Waals surface area contributed by atoms with Crippen LogP contribution in [0, 0.1) is 0 Å².